The van der Waals surface area contributed by atoms with Crippen LogP contribution >= 0.6 is 0 Å². The lowest BCUT2D eigenvalue weighted by Crippen LogP contribution is -2.58. The number of aliphatic hydroxyl groups is 1. The first-order chi connectivity index (χ1) is 23.9. The molecule has 3 aromatic rings. The Hall–Kier alpha value is -5.02. The van der Waals surface area contributed by atoms with E-state index in [1.165, 1.54) is 20.1 Å². The van der Waals surface area contributed by atoms with Crippen molar-refractivity contribution in [3.63, 3.8) is 0 Å². The topological polar surface area (TPSA) is 186 Å². The van der Waals surface area contributed by atoms with E-state index >= 15 is 0 Å². The maximum atomic E-state index is 13.7. The molecule has 4 amide bonds. The number of carbonyl (C=O) groups is 4. The van der Waals surface area contributed by atoms with Crippen LogP contribution in [0.1, 0.15) is 49.3 Å². The van der Waals surface area contributed by atoms with Crippen LogP contribution in [0.3, 0.4) is 0 Å². The van der Waals surface area contributed by atoms with Crippen LogP contribution in [0.5, 0.6) is 11.5 Å². The van der Waals surface area contributed by atoms with Gasteiger partial charge in [-0.2, -0.15) is 0 Å². The Bertz CT molecular complexity index is 1610. The number of aromatic nitrogens is 3. The third kappa shape index (κ3) is 10.2. The van der Waals surface area contributed by atoms with Gasteiger partial charge in [-0.1, -0.05) is 35.5 Å². The highest BCUT2D eigenvalue weighted by molar-refractivity contribution is 5.99. The molecule has 15 heteroatoms. The zero-order valence-corrected chi connectivity index (χ0v) is 29.2. The molecule has 3 heterocycles. The van der Waals surface area contributed by atoms with Gasteiger partial charge >= 0.3 is 0 Å². The number of nitrogens with one attached hydrogen (secondary N) is 3. The van der Waals surface area contributed by atoms with Gasteiger partial charge in [0.1, 0.15) is 24.3 Å². The van der Waals surface area contributed by atoms with Crippen LogP contribution in [0, 0.1) is 0 Å². The smallest absolute Gasteiger partial charge is 0.254 e. The van der Waals surface area contributed by atoms with Crippen LogP contribution in [0.2, 0.25) is 0 Å². The van der Waals surface area contributed by atoms with E-state index in [-0.39, 0.29) is 44.1 Å². The van der Waals surface area contributed by atoms with Crippen molar-refractivity contribution in [1.29, 1.82) is 0 Å². The summed E-state index contributed by atoms with van der Waals surface area (Å²) in [6, 6.07) is 11.3. The molecule has 50 heavy (non-hydrogen) atoms. The lowest BCUT2D eigenvalue weighted by atomic mass is 10.0. The fraction of sp³-hybridized carbons (Fsp3) is 0.486. The van der Waals surface area contributed by atoms with E-state index in [9.17, 15) is 24.3 Å². The lowest BCUT2D eigenvalue weighted by molar-refractivity contribution is -0.153. The van der Waals surface area contributed by atoms with Gasteiger partial charge in [0.25, 0.3) is 11.8 Å². The van der Waals surface area contributed by atoms with Gasteiger partial charge in [-0.15, -0.1) is 5.10 Å². The number of fused-ring (bicyclic) bond motifs is 16. The predicted molar refractivity (Wildman–Crippen MR) is 183 cm³/mol. The summed E-state index contributed by atoms with van der Waals surface area (Å²) in [7, 11) is 1.45. The minimum absolute atomic E-state index is 0.0255. The third-order valence-corrected chi connectivity index (χ3v) is 8.18. The molecule has 0 unspecified atom stereocenters. The fourth-order valence-corrected chi connectivity index (χ4v) is 5.49. The summed E-state index contributed by atoms with van der Waals surface area (Å²) in [5.74, 6) is -1.45. The number of carbonyl (C=O) groups excluding carboxylic acids is 4. The average Bonchev–Trinajstić information content (AvgIpc) is 3.55. The van der Waals surface area contributed by atoms with E-state index in [2.05, 4.69) is 26.3 Å². The molecule has 0 saturated carbocycles. The number of methoxy groups -OCH3 is 1. The minimum Gasteiger partial charge on any atom is -0.493 e. The Kier molecular flexibility index (Phi) is 13.3. The third-order valence-electron chi connectivity index (χ3n) is 8.18. The normalized spacial score (nSPS) is 19.1. The van der Waals surface area contributed by atoms with Crippen LogP contribution in [-0.2, 0) is 38.5 Å². The van der Waals surface area contributed by atoms with Gasteiger partial charge in [0, 0.05) is 50.8 Å². The zero-order chi connectivity index (χ0) is 36.3. The number of aliphatic hydroxyl groups excluding tert-OH is 1. The van der Waals surface area contributed by atoms with Crippen molar-refractivity contribution < 1.29 is 38.5 Å². The standard InChI is InChI=1S/C35H47N7O8/c1-6-50-35(3,4)34(47)41-16-14-26-22-42(40-39-26)18-19-49-28-13-12-25(21-29(28)48-5)31(44)37-27(20-24-10-8-7-9-11-24)32(45)38-30(23(2)43)33(46)36-15-17-41/h7-13,21-23,27,30,43H,6,14-20H2,1-5H3,(H,36,46)(H,37,44)(H,38,45)/t23-,27-,30+/m1/s1. The number of hydrogen-bond donors (Lipinski definition) is 4. The van der Waals surface area contributed by atoms with Gasteiger partial charge in [0.05, 0.1) is 25.5 Å². The molecule has 5 rings (SSSR count). The van der Waals surface area contributed by atoms with Crippen molar-refractivity contribution >= 4 is 23.6 Å². The summed E-state index contributed by atoms with van der Waals surface area (Å²) in [5, 5.41) is 27.1. The quantitative estimate of drug-likeness (QED) is 0.259. The monoisotopic (exact) mass is 693 g/mol. The predicted octanol–water partition coefficient (Wildman–Crippen LogP) is 0.888. The molecule has 0 fully saturated rings. The highest BCUT2D eigenvalue weighted by Crippen LogP contribution is 2.28. The van der Waals surface area contributed by atoms with E-state index in [1.807, 2.05) is 30.3 Å². The van der Waals surface area contributed by atoms with Crippen molar-refractivity contribution in [1.82, 2.24) is 35.8 Å². The molecule has 0 radical (unpaired) electrons. The summed E-state index contributed by atoms with van der Waals surface area (Å²) in [6.07, 6.45) is 0.981. The number of nitrogens with zero attached hydrogens (tertiary/aromatic N) is 4. The largest absolute Gasteiger partial charge is 0.493 e. The first-order valence-corrected chi connectivity index (χ1v) is 16.7. The van der Waals surface area contributed by atoms with Crippen LogP contribution in [0.15, 0.2) is 54.7 Å². The number of hydrogen-bond acceptors (Lipinski definition) is 10. The average molecular weight is 694 g/mol. The van der Waals surface area contributed by atoms with Crippen LogP contribution in [0.25, 0.3) is 0 Å². The lowest BCUT2D eigenvalue weighted by Gasteiger charge is -2.32. The SMILES string of the molecule is CCOC(C)(C)C(=O)N1CCNC(=O)[C@H]([C@@H](C)O)NC(=O)[C@@H](Cc2ccccc2)NC(=O)c2ccc(c(OC)c2)OCCn2cc(nn2)CC1. The molecule has 0 spiro atoms. The Morgan fingerprint density at radius 1 is 1.08 bits per heavy atom. The number of ether oxygens (including phenoxy) is 3. The van der Waals surface area contributed by atoms with Gasteiger partial charge in [-0.25, -0.2) is 4.68 Å². The summed E-state index contributed by atoms with van der Waals surface area (Å²) in [4.78, 5) is 55.7. The van der Waals surface area contributed by atoms with Crippen LogP contribution in [-0.4, -0.2) is 112 Å². The van der Waals surface area contributed by atoms with Crippen molar-refractivity contribution in [3.05, 3.63) is 71.5 Å². The second-order valence-electron chi connectivity index (χ2n) is 12.4. The minimum atomic E-state index is -1.35. The zero-order valence-electron chi connectivity index (χ0n) is 29.2. The highest BCUT2D eigenvalue weighted by Gasteiger charge is 2.34. The van der Waals surface area contributed by atoms with E-state index in [1.54, 1.807) is 48.7 Å². The van der Waals surface area contributed by atoms with E-state index in [4.69, 9.17) is 14.2 Å². The Morgan fingerprint density at radius 3 is 2.54 bits per heavy atom. The van der Waals surface area contributed by atoms with Gasteiger partial charge in [0.2, 0.25) is 11.8 Å². The molecule has 0 saturated heterocycles. The Balaban J connectivity index is 1.64. The van der Waals surface area contributed by atoms with Gasteiger partial charge in [-0.3, -0.25) is 19.2 Å². The molecule has 3 atom stereocenters. The molecule has 2 aromatic carbocycles. The summed E-state index contributed by atoms with van der Waals surface area (Å²) >= 11 is 0. The van der Waals surface area contributed by atoms with Gasteiger partial charge < -0.3 is 40.2 Å². The van der Waals surface area contributed by atoms with Crippen LogP contribution in [0.4, 0.5) is 0 Å². The molecule has 0 aliphatic carbocycles. The second kappa shape index (κ2) is 17.6. The Morgan fingerprint density at radius 2 is 1.84 bits per heavy atom. The van der Waals surface area contributed by atoms with E-state index in [0.29, 0.717) is 36.8 Å². The van der Waals surface area contributed by atoms with Crippen molar-refractivity contribution in [2.75, 3.05) is 40.0 Å². The maximum absolute atomic E-state index is 13.7. The van der Waals surface area contributed by atoms with Crippen molar-refractivity contribution in [2.24, 2.45) is 0 Å². The second-order valence-corrected chi connectivity index (χ2v) is 12.4. The molecule has 4 bridgehead atoms. The molecule has 270 valence electrons. The van der Waals surface area contributed by atoms with Crippen molar-refractivity contribution in [3.8, 4) is 11.5 Å². The Labute approximate surface area is 291 Å². The first-order valence-electron chi connectivity index (χ1n) is 16.7. The molecular weight excluding hydrogens is 646 g/mol. The summed E-state index contributed by atoms with van der Waals surface area (Å²) in [5.41, 5.74) is 0.513. The maximum Gasteiger partial charge on any atom is 0.254 e. The molecule has 15 nitrogen and oxygen atoms in total. The molecule has 1 aromatic heterocycles. The molecule has 4 N–H and O–H groups in total. The molecular formula is C35H47N7O8. The number of amides is 4. The van der Waals surface area contributed by atoms with E-state index in [0.717, 1.165) is 5.56 Å². The van der Waals surface area contributed by atoms with Gasteiger partial charge in [-0.05, 0) is 51.5 Å². The summed E-state index contributed by atoms with van der Waals surface area (Å²) in [6.45, 7) is 7.88. The number of benzene rings is 2. The van der Waals surface area contributed by atoms with E-state index < -0.39 is 41.5 Å². The molecule has 2 aliphatic heterocycles. The number of rotatable bonds is 7. The highest BCUT2D eigenvalue weighted by atomic mass is 16.5. The fourth-order valence-electron chi connectivity index (χ4n) is 5.49. The van der Waals surface area contributed by atoms with Crippen molar-refractivity contribution in [2.45, 2.75) is 70.9 Å². The van der Waals surface area contributed by atoms with Crippen LogP contribution < -0.4 is 25.4 Å². The molecule has 2 aliphatic rings. The van der Waals surface area contributed by atoms with Gasteiger partial charge in [0.15, 0.2) is 11.5 Å². The first kappa shape index (κ1) is 37.8. The summed E-state index contributed by atoms with van der Waals surface area (Å²) < 4.78 is 18.8.